The molecule has 3 rings (SSSR count). The highest BCUT2D eigenvalue weighted by Crippen LogP contribution is 2.21. The smallest absolute Gasteiger partial charge is 0.227 e. The van der Waals surface area contributed by atoms with E-state index in [1.807, 2.05) is 17.5 Å². The number of hydrogen-bond acceptors (Lipinski definition) is 5. The van der Waals surface area contributed by atoms with E-state index in [0.717, 1.165) is 4.88 Å². The van der Waals surface area contributed by atoms with Gasteiger partial charge in [-0.1, -0.05) is 17.3 Å². The molecule has 2 heterocycles. The number of benzene rings is 1. The van der Waals surface area contributed by atoms with E-state index in [1.165, 1.54) is 17.4 Å². The second-order valence-electron chi connectivity index (χ2n) is 5.00. The molecule has 1 N–H and O–H groups in total. The molecule has 0 fully saturated rings. The number of aryl methyl sites for hydroxylation is 2. The van der Waals surface area contributed by atoms with Gasteiger partial charge in [-0.05, 0) is 36.1 Å². The number of aromatic nitrogens is 2. The number of rotatable bonds is 5. The summed E-state index contributed by atoms with van der Waals surface area (Å²) in [4.78, 5) is 17.1. The second-order valence-corrected chi connectivity index (χ2v) is 5.95. The summed E-state index contributed by atoms with van der Waals surface area (Å²) in [6.45, 7) is 1.67. The zero-order chi connectivity index (χ0) is 16.2. The lowest BCUT2D eigenvalue weighted by Gasteiger charge is -2.05. The van der Waals surface area contributed by atoms with Crippen molar-refractivity contribution >= 4 is 22.9 Å². The van der Waals surface area contributed by atoms with Crippen molar-refractivity contribution in [2.45, 2.75) is 19.8 Å². The Morgan fingerprint density at radius 3 is 3.00 bits per heavy atom. The van der Waals surface area contributed by atoms with Crippen LogP contribution in [0.15, 0.2) is 40.2 Å². The number of carbonyl (C=O) groups excluding carboxylic acids is 1. The molecule has 0 unspecified atom stereocenters. The molecule has 1 aromatic carbocycles. The van der Waals surface area contributed by atoms with Gasteiger partial charge in [-0.3, -0.25) is 4.79 Å². The fourth-order valence-electron chi connectivity index (χ4n) is 1.98. The topological polar surface area (TPSA) is 68.0 Å². The molecule has 0 saturated heterocycles. The van der Waals surface area contributed by atoms with Crippen LogP contribution in [0.1, 0.15) is 17.9 Å². The lowest BCUT2D eigenvalue weighted by molar-refractivity contribution is -0.116. The number of nitrogens with zero attached hydrogens (tertiary/aromatic N) is 2. The van der Waals surface area contributed by atoms with Crippen molar-refractivity contribution in [2.75, 3.05) is 5.32 Å². The number of nitrogens with one attached hydrogen (secondary N) is 1. The van der Waals surface area contributed by atoms with Gasteiger partial charge in [-0.25, -0.2) is 4.39 Å². The van der Waals surface area contributed by atoms with E-state index >= 15 is 0 Å². The van der Waals surface area contributed by atoms with Gasteiger partial charge in [0.1, 0.15) is 5.82 Å². The summed E-state index contributed by atoms with van der Waals surface area (Å²) in [7, 11) is 0. The largest absolute Gasteiger partial charge is 0.339 e. The van der Waals surface area contributed by atoms with Crippen molar-refractivity contribution in [2.24, 2.45) is 0 Å². The van der Waals surface area contributed by atoms with Crippen LogP contribution in [-0.4, -0.2) is 16.0 Å². The average Bonchev–Trinajstić information content (AvgIpc) is 3.19. The molecule has 5 nitrogen and oxygen atoms in total. The van der Waals surface area contributed by atoms with Crippen LogP contribution in [0.25, 0.3) is 10.7 Å². The fourth-order valence-corrected chi connectivity index (χ4v) is 2.63. The van der Waals surface area contributed by atoms with E-state index < -0.39 is 0 Å². The van der Waals surface area contributed by atoms with Crippen molar-refractivity contribution in [1.29, 1.82) is 0 Å². The minimum absolute atomic E-state index is 0.182. The molecule has 0 bridgehead atoms. The van der Waals surface area contributed by atoms with Gasteiger partial charge in [0, 0.05) is 18.5 Å². The van der Waals surface area contributed by atoms with Crippen LogP contribution in [0.4, 0.5) is 10.1 Å². The Kier molecular flexibility index (Phi) is 4.47. The number of carbonyl (C=O) groups is 1. The lowest BCUT2D eigenvalue weighted by Crippen LogP contribution is -2.12. The molecule has 0 radical (unpaired) electrons. The Balaban J connectivity index is 1.55. The first kappa shape index (κ1) is 15.4. The standard InChI is InChI=1S/C16H14FN3O2S/c1-10-4-5-11(9-12(10)17)18-14(21)6-7-15-19-16(20-22-15)13-3-2-8-23-13/h2-5,8-9H,6-7H2,1H3,(H,18,21). The number of thiophene rings is 1. The van der Waals surface area contributed by atoms with E-state index in [9.17, 15) is 9.18 Å². The number of hydrogen-bond donors (Lipinski definition) is 1. The summed E-state index contributed by atoms with van der Waals surface area (Å²) in [5.74, 6) is 0.346. The summed E-state index contributed by atoms with van der Waals surface area (Å²) in [5, 5.41) is 8.46. The molecular formula is C16H14FN3O2S. The second kappa shape index (κ2) is 6.70. The molecule has 118 valence electrons. The summed E-state index contributed by atoms with van der Waals surface area (Å²) < 4.78 is 18.6. The third kappa shape index (κ3) is 3.81. The Morgan fingerprint density at radius 2 is 2.26 bits per heavy atom. The summed E-state index contributed by atoms with van der Waals surface area (Å²) >= 11 is 1.52. The summed E-state index contributed by atoms with van der Waals surface area (Å²) in [6.07, 6.45) is 0.514. The number of amides is 1. The Morgan fingerprint density at radius 1 is 1.39 bits per heavy atom. The summed E-state index contributed by atoms with van der Waals surface area (Å²) in [5.41, 5.74) is 0.970. The van der Waals surface area contributed by atoms with Gasteiger partial charge in [0.2, 0.25) is 17.6 Å². The molecule has 0 aliphatic heterocycles. The van der Waals surface area contributed by atoms with Gasteiger partial charge >= 0.3 is 0 Å². The van der Waals surface area contributed by atoms with Gasteiger partial charge in [0.15, 0.2) is 0 Å². The monoisotopic (exact) mass is 331 g/mol. The van der Waals surface area contributed by atoms with Crippen molar-refractivity contribution in [3.8, 4) is 10.7 Å². The number of halogens is 1. The number of anilines is 1. The molecule has 0 aliphatic rings. The molecule has 23 heavy (non-hydrogen) atoms. The molecule has 3 aromatic rings. The maximum atomic E-state index is 13.4. The highest BCUT2D eigenvalue weighted by molar-refractivity contribution is 7.13. The molecular weight excluding hydrogens is 317 g/mol. The third-order valence-corrected chi connectivity index (χ3v) is 4.10. The van der Waals surface area contributed by atoms with Crippen molar-refractivity contribution in [3.05, 3.63) is 53.0 Å². The first-order chi connectivity index (χ1) is 11.1. The van der Waals surface area contributed by atoms with Crippen LogP contribution in [0, 0.1) is 12.7 Å². The lowest BCUT2D eigenvalue weighted by atomic mass is 10.2. The van der Waals surface area contributed by atoms with Crippen LogP contribution in [0.3, 0.4) is 0 Å². The van der Waals surface area contributed by atoms with E-state index in [-0.39, 0.29) is 18.1 Å². The molecule has 0 atom stereocenters. The summed E-state index contributed by atoms with van der Waals surface area (Å²) in [6, 6.07) is 8.39. The molecule has 0 aliphatic carbocycles. The van der Waals surface area contributed by atoms with Crippen LogP contribution < -0.4 is 5.32 Å². The highest BCUT2D eigenvalue weighted by Gasteiger charge is 2.11. The minimum Gasteiger partial charge on any atom is -0.339 e. The average molecular weight is 331 g/mol. The molecule has 2 aromatic heterocycles. The Bertz CT molecular complexity index is 815. The van der Waals surface area contributed by atoms with Crippen LogP contribution in [-0.2, 0) is 11.2 Å². The van der Waals surface area contributed by atoms with Gasteiger partial charge < -0.3 is 9.84 Å². The molecule has 1 amide bonds. The first-order valence-electron chi connectivity index (χ1n) is 7.04. The predicted molar refractivity (Wildman–Crippen MR) is 85.7 cm³/mol. The highest BCUT2D eigenvalue weighted by atomic mass is 32.1. The van der Waals surface area contributed by atoms with Crippen molar-refractivity contribution in [3.63, 3.8) is 0 Å². The van der Waals surface area contributed by atoms with Crippen LogP contribution >= 0.6 is 11.3 Å². The van der Waals surface area contributed by atoms with Crippen LogP contribution in [0.2, 0.25) is 0 Å². The van der Waals surface area contributed by atoms with Gasteiger partial charge in [-0.15, -0.1) is 11.3 Å². The normalized spacial score (nSPS) is 10.7. The van der Waals surface area contributed by atoms with Crippen LogP contribution in [0.5, 0.6) is 0 Å². The quantitative estimate of drug-likeness (QED) is 0.772. The Labute approximate surface area is 136 Å². The maximum absolute atomic E-state index is 13.4. The maximum Gasteiger partial charge on any atom is 0.227 e. The predicted octanol–water partition coefficient (Wildman–Crippen LogP) is 3.82. The first-order valence-corrected chi connectivity index (χ1v) is 7.92. The third-order valence-electron chi connectivity index (χ3n) is 3.23. The van der Waals surface area contributed by atoms with Crippen molar-refractivity contribution < 1.29 is 13.7 Å². The van der Waals surface area contributed by atoms with Gasteiger partial charge in [0.05, 0.1) is 4.88 Å². The molecule has 0 spiro atoms. The minimum atomic E-state index is -0.347. The molecule has 0 saturated carbocycles. The molecule has 7 heteroatoms. The van der Waals surface area contributed by atoms with E-state index in [0.29, 0.717) is 29.4 Å². The SMILES string of the molecule is Cc1ccc(NC(=O)CCc2nc(-c3cccs3)no2)cc1F. The Hall–Kier alpha value is -2.54. The van der Waals surface area contributed by atoms with E-state index in [4.69, 9.17) is 4.52 Å². The van der Waals surface area contributed by atoms with E-state index in [2.05, 4.69) is 15.5 Å². The van der Waals surface area contributed by atoms with Crippen molar-refractivity contribution in [1.82, 2.24) is 10.1 Å². The van der Waals surface area contributed by atoms with Gasteiger partial charge in [-0.2, -0.15) is 4.98 Å². The fraction of sp³-hybridized carbons (Fsp3) is 0.188. The van der Waals surface area contributed by atoms with E-state index in [1.54, 1.807) is 19.1 Å². The zero-order valence-corrected chi connectivity index (χ0v) is 13.2. The van der Waals surface area contributed by atoms with Gasteiger partial charge in [0.25, 0.3) is 0 Å². The zero-order valence-electron chi connectivity index (χ0n) is 12.4.